The van der Waals surface area contributed by atoms with Gasteiger partial charge in [-0.1, -0.05) is 111 Å². The Morgan fingerprint density at radius 2 is 1.49 bits per heavy atom. The van der Waals surface area contributed by atoms with Gasteiger partial charge >= 0.3 is 11.9 Å². The Labute approximate surface area is 268 Å². The topological polar surface area (TPSA) is 199 Å². The van der Waals surface area contributed by atoms with E-state index in [1.54, 1.807) is 4.57 Å². The molecule has 0 aliphatic rings. The Bertz CT molecular complexity index is 1130. The minimum atomic E-state index is -0.663. The van der Waals surface area contributed by atoms with Crippen molar-refractivity contribution in [2.45, 2.75) is 143 Å². The third kappa shape index (κ3) is 17.9. The van der Waals surface area contributed by atoms with Crippen LogP contribution in [0.1, 0.15) is 130 Å². The normalized spacial score (nSPS) is 12.6. The third-order valence-corrected chi connectivity index (χ3v) is 7.96. The molecule has 2 aromatic heterocycles. The molecule has 12 heteroatoms. The standard InChI is InChI=1S/C18H36O2.C15H24N6O4/c1-2-3-4-5-6-7-8-9-10-11-12-13-14-15-16-17-18(19)20;1-8(2)10(16)14(24)25-4-3-9(6-22)5-21-7-18-11-12(21)19-15(17)20-13(11)23/h2-17H2,1H3,(H,19,20);7-10,22H,3-6,16H2,1-2H3,(H3,17,19,20,23)/t;9-,10+/m.1/s1. The third-order valence-electron chi connectivity index (χ3n) is 7.96. The lowest BCUT2D eigenvalue weighted by molar-refractivity contribution is -0.146. The Morgan fingerprint density at radius 3 is 1.98 bits per heavy atom. The van der Waals surface area contributed by atoms with E-state index in [9.17, 15) is 19.5 Å². The smallest absolute Gasteiger partial charge is 0.323 e. The van der Waals surface area contributed by atoms with Crippen LogP contribution in [0.5, 0.6) is 0 Å². The molecule has 0 aromatic carbocycles. The highest BCUT2D eigenvalue weighted by Crippen LogP contribution is 2.15. The van der Waals surface area contributed by atoms with Crippen molar-refractivity contribution in [2.75, 3.05) is 18.9 Å². The monoisotopic (exact) mass is 636 g/mol. The van der Waals surface area contributed by atoms with Gasteiger partial charge in [0.15, 0.2) is 11.2 Å². The molecule has 0 fully saturated rings. The number of nitrogens with zero attached hydrogens (tertiary/aromatic N) is 3. The van der Waals surface area contributed by atoms with E-state index < -0.39 is 23.5 Å². The predicted molar refractivity (Wildman–Crippen MR) is 179 cm³/mol. The van der Waals surface area contributed by atoms with Crippen LogP contribution in [-0.2, 0) is 20.9 Å². The number of nitrogens with two attached hydrogens (primary N) is 2. The van der Waals surface area contributed by atoms with Gasteiger partial charge in [-0.25, -0.2) is 4.98 Å². The first-order valence-corrected chi connectivity index (χ1v) is 17.1. The number of ether oxygens (including phenoxy) is 1. The van der Waals surface area contributed by atoms with E-state index in [1.165, 1.54) is 89.8 Å². The zero-order valence-electron chi connectivity index (χ0n) is 28.0. The molecule has 0 saturated heterocycles. The molecule has 45 heavy (non-hydrogen) atoms. The molecule has 0 radical (unpaired) electrons. The molecule has 12 nitrogen and oxygen atoms in total. The summed E-state index contributed by atoms with van der Waals surface area (Å²) in [5, 5.41) is 18.1. The molecule has 2 heterocycles. The van der Waals surface area contributed by atoms with E-state index in [1.807, 2.05) is 13.8 Å². The number of unbranched alkanes of at least 4 members (excludes halogenated alkanes) is 14. The van der Waals surface area contributed by atoms with Gasteiger partial charge in [-0.3, -0.25) is 19.4 Å². The second-order valence-electron chi connectivity index (χ2n) is 12.4. The van der Waals surface area contributed by atoms with Gasteiger partial charge in [0.1, 0.15) is 6.04 Å². The fourth-order valence-corrected chi connectivity index (χ4v) is 4.96. The zero-order valence-corrected chi connectivity index (χ0v) is 28.0. The molecule has 2 aromatic rings. The number of esters is 1. The number of aromatic nitrogens is 4. The largest absolute Gasteiger partial charge is 0.481 e. The highest BCUT2D eigenvalue weighted by atomic mass is 16.5. The molecule has 2 atom stereocenters. The lowest BCUT2D eigenvalue weighted by Crippen LogP contribution is -2.37. The van der Waals surface area contributed by atoms with Crippen molar-refractivity contribution in [2.24, 2.45) is 17.6 Å². The molecule has 0 spiro atoms. The average Bonchev–Trinajstić information content (AvgIpc) is 3.40. The number of aliphatic carboxylic acids is 1. The zero-order chi connectivity index (χ0) is 33.5. The van der Waals surface area contributed by atoms with Gasteiger partial charge in [0.05, 0.1) is 12.9 Å². The van der Waals surface area contributed by atoms with Gasteiger partial charge in [0.2, 0.25) is 5.95 Å². The van der Waals surface area contributed by atoms with Crippen molar-refractivity contribution in [3.63, 3.8) is 0 Å². The number of hydrogen-bond donors (Lipinski definition) is 5. The maximum absolute atomic E-state index is 11.8. The first-order chi connectivity index (χ1) is 21.6. The highest BCUT2D eigenvalue weighted by Gasteiger charge is 2.20. The van der Waals surface area contributed by atoms with Crippen molar-refractivity contribution in [1.29, 1.82) is 0 Å². The van der Waals surface area contributed by atoms with Crippen LogP contribution in [0.15, 0.2) is 11.1 Å². The summed E-state index contributed by atoms with van der Waals surface area (Å²) in [5.41, 5.74) is 11.4. The number of nitrogen functional groups attached to an aromatic ring is 1. The molecule has 0 aliphatic heterocycles. The predicted octanol–water partition coefficient (Wildman–Crippen LogP) is 5.56. The van der Waals surface area contributed by atoms with Gasteiger partial charge in [0, 0.05) is 25.5 Å². The molecular formula is C33H60N6O6. The van der Waals surface area contributed by atoms with E-state index in [0.717, 1.165) is 12.8 Å². The maximum Gasteiger partial charge on any atom is 0.323 e. The Hall–Kier alpha value is -2.99. The molecular weight excluding hydrogens is 576 g/mol. The summed E-state index contributed by atoms with van der Waals surface area (Å²) in [6, 6.07) is -0.663. The fraction of sp³-hybridized carbons (Fsp3) is 0.788. The molecule has 258 valence electrons. The second-order valence-corrected chi connectivity index (χ2v) is 12.4. The Kier molecular flexibility index (Phi) is 21.6. The lowest BCUT2D eigenvalue weighted by Gasteiger charge is -2.17. The van der Waals surface area contributed by atoms with Crippen LogP contribution in [0.3, 0.4) is 0 Å². The molecule has 0 unspecified atom stereocenters. The molecule has 7 N–H and O–H groups in total. The van der Waals surface area contributed by atoms with Crippen molar-refractivity contribution in [3.05, 3.63) is 16.7 Å². The van der Waals surface area contributed by atoms with Gasteiger partial charge in [-0.05, 0) is 18.8 Å². The number of carbonyl (C=O) groups is 2. The van der Waals surface area contributed by atoms with E-state index in [2.05, 4.69) is 21.9 Å². The van der Waals surface area contributed by atoms with Crippen LogP contribution < -0.4 is 17.0 Å². The summed E-state index contributed by atoms with van der Waals surface area (Å²) in [7, 11) is 0. The van der Waals surface area contributed by atoms with E-state index in [4.69, 9.17) is 21.3 Å². The van der Waals surface area contributed by atoms with Crippen molar-refractivity contribution in [3.8, 4) is 0 Å². The maximum atomic E-state index is 11.8. The number of aliphatic hydroxyl groups is 1. The molecule has 0 aliphatic carbocycles. The Morgan fingerprint density at radius 1 is 0.956 bits per heavy atom. The number of imidazole rings is 1. The van der Waals surface area contributed by atoms with E-state index in [0.29, 0.717) is 25.0 Å². The number of aliphatic hydroxyl groups excluding tert-OH is 1. The summed E-state index contributed by atoms with van der Waals surface area (Å²) in [5.74, 6) is -1.33. The van der Waals surface area contributed by atoms with Crippen molar-refractivity contribution >= 4 is 29.1 Å². The number of carbonyl (C=O) groups excluding carboxylic acids is 1. The number of nitrogens with one attached hydrogen (secondary N) is 1. The van der Waals surface area contributed by atoms with E-state index >= 15 is 0 Å². The van der Waals surface area contributed by atoms with Crippen LogP contribution in [0.4, 0.5) is 5.95 Å². The highest BCUT2D eigenvalue weighted by molar-refractivity contribution is 5.75. The lowest BCUT2D eigenvalue weighted by atomic mass is 10.0. The molecule has 2 rings (SSSR count). The van der Waals surface area contributed by atoms with Crippen molar-refractivity contribution in [1.82, 2.24) is 19.5 Å². The summed E-state index contributed by atoms with van der Waals surface area (Å²) in [6.07, 6.45) is 22.1. The van der Waals surface area contributed by atoms with Gasteiger partial charge in [0.25, 0.3) is 5.56 Å². The van der Waals surface area contributed by atoms with E-state index in [-0.39, 0.29) is 36.5 Å². The first-order valence-electron chi connectivity index (χ1n) is 17.1. The number of H-pyrrole nitrogens is 1. The second kappa shape index (κ2) is 24.3. The van der Waals surface area contributed by atoms with Gasteiger partial charge in [-0.15, -0.1) is 0 Å². The summed E-state index contributed by atoms with van der Waals surface area (Å²) >= 11 is 0. The minimum absolute atomic E-state index is 0.00333. The minimum Gasteiger partial charge on any atom is -0.481 e. The number of rotatable bonds is 24. The number of fused-ring (bicyclic) bond motifs is 1. The number of aromatic amines is 1. The number of carboxylic acids is 1. The summed E-state index contributed by atoms with van der Waals surface area (Å²) in [6.45, 7) is 6.34. The fourth-order valence-electron chi connectivity index (χ4n) is 4.96. The molecule has 0 bridgehead atoms. The van der Waals surface area contributed by atoms with Crippen LogP contribution in [0, 0.1) is 11.8 Å². The molecule has 0 amide bonds. The number of carboxylic acid groups (broad SMARTS) is 1. The Balaban J connectivity index is 0.000000463. The summed E-state index contributed by atoms with van der Waals surface area (Å²) in [4.78, 5) is 44.3. The van der Waals surface area contributed by atoms with Crippen molar-refractivity contribution < 1.29 is 24.5 Å². The van der Waals surface area contributed by atoms with Crippen LogP contribution in [0.2, 0.25) is 0 Å². The SMILES string of the molecule is CC(C)[C@H](N)C(=O)OCC[C@@H](CO)Cn1cnc2c(=O)[nH]c(N)nc21.CCCCCCCCCCCCCCCCCC(=O)O. The molecule has 0 saturated carbocycles. The van der Waals surface area contributed by atoms with Crippen LogP contribution in [0.25, 0.3) is 11.2 Å². The van der Waals surface area contributed by atoms with Gasteiger partial charge < -0.3 is 31.0 Å². The number of hydrogen-bond acceptors (Lipinski definition) is 9. The average molecular weight is 637 g/mol. The number of anilines is 1. The van der Waals surface area contributed by atoms with Crippen LogP contribution >= 0.6 is 0 Å². The quantitative estimate of drug-likeness (QED) is 0.0718. The summed E-state index contributed by atoms with van der Waals surface area (Å²) < 4.78 is 6.79. The first kappa shape index (κ1) is 40.0. The van der Waals surface area contributed by atoms with Gasteiger partial charge in [-0.2, -0.15) is 4.98 Å². The van der Waals surface area contributed by atoms with Crippen LogP contribution in [-0.4, -0.2) is 60.9 Å².